The van der Waals surface area contributed by atoms with Gasteiger partial charge in [0.2, 0.25) is 0 Å². The molecule has 0 spiro atoms. The first-order chi connectivity index (χ1) is 10.0. The predicted octanol–water partition coefficient (Wildman–Crippen LogP) is 2.54. The van der Waals surface area contributed by atoms with E-state index in [1.807, 2.05) is 19.9 Å². The van der Waals surface area contributed by atoms with Crippen molar-refractivity contribution < 1.29 is 13.9 Å². The molecule has 0 unspecified atom stereocenters. The number of hydrogen-bond acceptors (Lipinski definition) is 4. The van der Waals surface area contributed by atoms with E-state index < -0.39 is 11.8 Å². The molecule has 0 radical (unpaired) electrons. The molecule has 1 aromatic heterocycles. The van der Waals surface area contributed by atoms with Crippen molar-refractivity contribution in [2.45, 2.75) is 33.4 Å². The van der Waals surface area contributed by atoms with Gasteiger partial charge < -0.3 is 10.5 Å². The number of ether oxygens (including phenoxy) is 1. The fourth-order valence-electron chi connectivity index (χ4n) is 1.99. The third kappa shape index (κ3) is 3.39. The molecule has 0 aliphatic heterocycles. The Morgan fingerprint density at radius 3 is 2.76 bits per heavy atom. The minimum absolute atomic E-state index is 0.0590. The first-order valence-electron chi connectivity index (χ1n) is 6.82. The molecule has 0 saturated heterocycles. The molecular formula is C15H18FN3O2. The number of anilines is 1. The Morgan fingerprint density at radius 2 is 2.14 bits per heavy atom. The van der Waals surface area contributed by atoms with Crippen molar-refractivity contribution in [3.05, 3.63) is 47.0 Å². The summed E-state index contributed by atoms with van der Waals surface area (Å²) in [6, 6.07) is 5.77. The van der Waals surface area contributed by atoms with Crippen molar-refractivity contribution in [3.8, 4) is 0 Å². The number of nitrogens with zero attached hydrogens (tertiary/aromatic N) is 2. The van der Waals surface area contributed by atoms with Gasteiger partial charge in [0.15, 0.2) is 0 Å². The van der Waals surface area contributed by atoms with Crippen LogP contribution >= 0.6 is 0 Å². The predicted molar refractivity (Wildman–Crippen MR) is 77.2 cm³/mol. The van der Waals surface area contributed by atoms with Gasteiger partial charge in [0.05, 0.1) is 17.0 Å². The minimum atomic E-state index is -0.714. The number of rotatable bonds is 5. The third-order valence-electron chi connectivity index (χ3n) is 3.14. The summed E-state index contributed by atoms with van der Waals surface area (Å²) in [5.74, 6) is -1.40. The number of nitrogens with two attached hydrogens (primary N) is 1. The molecule has 0 aliphatic carbocycles. The number of hydrogen-bond donors (Lipinski definition) is 1. The molecule has 5 nitrogen and oxygen atoms in total. The molecule has 112 valence electrons. The molecule has 0 bridgehead atoms. The Bertz CT molecular complexity index is 652. The smallest absolute Gasteiger partial charge is 0.341 e. The maximum atomic E-state index is 13.6. The second-order valence-electron chi connectivity index (χ2n) is 4.61. The van der Waals surface area contributed by atoms with Gasteiger partial charge in [0.1, 0.15) is 12.4 Å². The number of carbonyl (C=O) groups is 1. The fraction of sp³-hybridized carbons (Fsp3) is 0.333. The Kier molecular flexibility index (Phi) is 4.57. The molecule has 6 heteroatoms. The molecule has 0 aliphatic rings. The average Bonchev–Trinajstić information content (AvgIpc) is 2.87. The van der Waals surface area contributed by atoms with Gasteiger partial charge in [0.25, 0.3) is 0 Å². The van der Waals surface area contributed by atoms with E-state index in [2.05, 4.69) is 5.10 Å². The summed E-state index contributed by atoms with van der Waals surface area (Å²) in [7, 11) is 0. The van der Waals surface area contributed by atoms with Crippen LogP contribution in [0.2, 0.25) is 0 Å². The summed E-state index contributed by atoms with van der Waals surface area (Å²) < 4.78 is 20.6. The number of carbonyl (C=O) groups excluding carboxylic acids is 1. The van der Waals surface area contributed by atoms with Crippen molar-refractivity contribution in [2.24, 2.45) is 0 Å². The Balaban J connectivity index is 2.08. The van der Waals surface area contributed by atoms with Gasteiger partial charge in [-0.25, -0.2) is 9.18 Å². The average molecular weight is 291 g/mol. The minimum Gasteiger partial charge on any atom is -0.456 e. The van der Waals surface area contributed by atoms with Gasteiger partial charge in [-0.2, -0.15) is 5.10 Å². The molecule has 1 aromatic carbocycles. The highest BCUT2D eigenvalue weighted by atomic mass is 19.1. The molecule has 21 heavy (non-hydrogen) atoms. The summed E-state index contributed by atoms with van der Waals surface area (Å²) in [4.78, 5) is 11.9. The van der Waals surface area contributed by atoms with Crippen LogP contribution in [0.5, 0.6) is 0 Å². The van der Waals surface area contributed by atoms with Gasteiger partial charge in [-0.05, 0) is 37.6 Å². The molecule has 0 saturated carbocycles. The zero-order valence-corrected chi connectivity index (χ0v) is 12.1. The third-order valence-corrected chi connectivity index (χ3v) is 3.14. The highest BCUT2D eigenvalue weighted by Crippen LogP contribution is 2.14. The van der Waals surface area contributed by atoms with E-state index in [0.29, 0.717) is 6.54 Å². The monoisotopic (exact) mass is 291 g/mol. The first-order valence-corrected chi connectivity index (χ1v) is 6.82. The lowest BCUT2D eigenvalue weighted by Gasteiger charge is -2.07. The van der Waals surface area contributed by atoms with Crippen molar-refractivity contribution in [2.75, 3.05) is 5.73 Å². The maximum absolute atomic E-state index is 13.6. The summed E-state index contributed by atoms with van der Waals surface area (Å²) >= 11 is 0. The van der Waals surface area contributed by atoms with Gasteiger partial charge in [-0.15, -0.1) is 0 Å². The largest absolute Gasteiger partial charge is 0.456 e. The van der Waals surface area contributed by atoms with E-state index >= 15 is 0 Å². The van der Waals surface area contributed by atoms with Gasteiger partial charge in [-0.3, -0.25) is 4.68 Å². The van der Waals surface area contributed by atoms with E-state index in [4.69, 9.17) is 10.5 Å². The summed E-state index contributed by atoms with van der Waals surface area (Å²) in [6.07, 6.45) is 0.806. The standard InChI is InChI=1S/C15H18FN3O2/c1-3-11-8-12(19(4-2)18-11)9-21-15(20)13-6-5-10(17)7-14(13)16/h5-8H,3-4,9,17H2,1-2H3. The molecule has 0 amide bonds. The van der Waals surface area contributed by atoms with Crippen molar-refractivity contribution in [3.63, 3.8) is 0 Å². The summed E-state index contributed by atoms with van der Waals surface area (Å²) in [6.45, 7) is 4.70. The van der Waals surface area contributed by atoms with Gasteiger partial charge in [-0.1, -0.05) is 6.92 Å². The van der Waals surface area contributed by atoms with Crippen LogP contribution in [0.3, 0.4) is 0 Å². The lowest BCUT2D eigenvalue weighted by Crippen LogP contribution is -2.11. The Morgan fingerprint density at radius 1 is 1.38 bits per heavy atom. The van der Waals surface area contributed by atoms with Crippen molar-refractivity contribution in [1.82, 2.24) is 9.78 Å². The second kappa shape index (κ2) is 6.39. The molecule has 2 N–H and O–H groups in total. The van der Waals surface area contributed by atoms with Crippen molar-refractivity contribution >= 4 is 11.7 Å². The van der Waals surface area contributed by atoms with Gasteiger partial charge >= 0.3 is 5.97 Å². The number of aryl methyl sites for hydroxylation is 2. The van der Waals surface area contributed by atoms with E-state index in [-0.39, 0.29) is 17.9 Å². The zero-order valence-electron chi connectivity index (χ0n) is 12.1. The lowest BCUT2D eigenvalue weighted by atomic mass is 10.2. The summed E-state index contributed by atoms with van der Waals surface area (Å²) in [5.41, 5.74) is 7.31. The number of nitrogen functional groups attached to an aromatic ring is 1. The summed E-state index contributed by atoms with van der Waals surface area (Å²) in [5, 5.41) is 4.36. The van der Waals surface area contributed by atoms with Crippen LogP contribution in [0.1, 0.15) is 35.6 Å². The molecular weight excluding hydrogens is 273 g/mol. The number of aromatic nitrogens is 2. The number of esters is 1. The van der Waals surface area contributed by atoms with Crippen LogP contribution in [0.4, 0.5) is 10.1 Å². The molecule has 0 atom stereocenters. The van der Waals surface area contributed by atoms with Crippen LogP contribution in [-0.4, -0.2) is 15.7 Å². The van der Waals surface area contributed by atoms with Crippen LogP contribution < -0.4 is 5.73 Å². The SMILES string of the molecule is CCc1cc(COC(=O)c2ccc(N)cc2F)n(CC)n1. The van der Waals surface area contributed by atoms with E-state index in [9.17, 15) is 9.18 Å². The first kappa shape index (κ1) is 15.0. The highest BCUT2D eigenvalue weighted by Gasteiger charge is 2.15. The topological polar surface area (TPSA) is 70.1 Å². The highest BCUT2D eigenvalue weighted by molar-refractivity contribution is 5.90. The molecule has 0 fully saturated rings. The lowest BCUT2D eigenvalue weighted by molar-refractivity contribution is 0.0457. The van der Waals surface area contributed by atoms with Crippen LogP contribution in [-0.2, 0) is 24.3 Å². The zero-order chi connectivity index (χ0) is 15.4. The normalized spacial score (nSPS) is 10.6. The Labute approximate surface area is 122 Å². The van der Waals surface area contributed by atoms with E-state index in [1.165, 1.54) is 12.1 Å². The molecule has 1 heterocycles. The van der Waals surface area contributed by atoms with Crippen LogP contribution in [0.25, 0.3) is 0 Å². The number of halogens is 1. The quantitative estimate of drug-likeness (QED) is 0.679. The molecule has 2 aromatic rings. The fourth-order valence-corrected chi connectivity index (χ4v) is 1.99. The van der Waals surface area contributed by atoms with Crippen molar-refractivity contribution in [1.29, 1.82) is 0 Å². The van der Waals surface area contributed by atoms with Crippen LogP contribution in [0.15, 0.2) is 24.3 Å². The van der Waals surface area contributed by atoms with Crippen LogP contribution in [0, 0.1) is 5.82 Å². The number of benzene rings is 1. The second-order valence-corrected chi connectivity index (χ2v) is 4.61. The molecule has 2 rings (SSSR count). The Hall–Kier alpha value is -2.37. The van der Waals surface area contributed by atoms with E-state index in [1.54, 1.807) is 4.68 Å². The van der Waals surface area contributed by atoms with Gasteiger partial charge in [0, 0.05) is 12.2 Å². The maximum Gasteiger partial charge on any atom is 0.341 e. The van der Waals surface area contributed by atoms with E-state index in [0.717, 1.165) is 23.9 Å².